The number of aromatic nitrogens is 3. The van der Waals surface area contributed by atoms with E-state index in [0.29, 0.717) is 48.0 Å². The molecule has 2 aliphatic rings. The van der Waals surface area contributed by atoms with Crippen LogP contribution in [-0.4, -0.2) is 46.4 Å². The van der Waals surface area contributed by atoms with Crippen LogP contribution in [0.15, 0.2) is 40.9 Å². The third-order valence-corrected chi connectivity index (χ3v) is 6.76. The molecule has 1 aromatic carbocycles. The molecule has 1 N–H and O–H groups in total. The molecule has 0 bridgehead atoms. The zero-order valence-electron chi connectivity index (χ0n) is 17.5. The quantitative estimate of drug-likeness (QED) is 0.474. The molecule has 9 nitrogen and oxygen atoms in total. The largest absolute Gasteiger partial charge is 0.464 e. The number of anilines is 2. The van der Waals surface area contributed by atoms with Gasteiger partial charge in [0, 0.05) is 11.0 Å². The van der Waals surface area contributed by atoms with Crippen LogP contribution < -0.4 is 15.0 Å². The zero-order valence-corrected chi connectivity index (χ0v) is 19.9. The lowest BCUT2D eigenvalue weighted by Gasteiger charge is -2.33. The van der Waals surface area contributed by atoms with Gasteiger partial charge in [0.1, 0.15) is 12.2 Å². The molecule has 1 saturated carbocycles. The summed E-state index contributed by atoms with van der Waals surface area (Å²) in [5, 5.41) is 11.5. The SMILES string of the molecule is [C-]#[N+]c1ccc(C(=O)Nc2nnc(OCc3ccc(Br)cc3)s2)c(N2CCOC3(CC3)C2)n1. The van der Waals surface area contributed by atoms with Crippen molar-refractivity contribution in [2.45, 2.75) is 25.0 Å². The molecule has 168 valence electrons. The summed E-state index contributed by atoms with van der Waals surface area (Å²) in [4.78, 5) is 23.0. The van der Waals surface area contributed by atoms with Gasteiger partial charge in [0.25, 0.3) is 16.9 Å². The molecule has 2 aromatic heterocycles. The van der Waals surface area contributed by atoms with Crippen molar-refractivity contribution in [1.82, 2.24) is 15.2 Å². The van der Waals surface area contributed by atoms with Crippen molar-refractivity contribution >= 4 is 49.9 Å². The number of hydrogen-bond acceptors (Lipinski definition) is 8. The number of benzene rings is 1. The monoisotopic (exact) mass is 526 g/mol. The number of rotatable bonds is 6. The van der Waals surface area contributed by atoms with Gasteiger partial charge in [0.05, 0.1) is 18.8 Å². The Hall–Kier alpha value is -3.07. The predicted molar refractivity (Wildman–Crippen MR) is 127 cm³/mol. The summed E-state index contributed by atoms with van der Waals surface area (Å²) in [5.41, 5.74) is 1.24. The molecule has 3 heterocycles. The fourth-order valence-corrected chi connectivity index (χ4v) is 4.45. The molecular formula is C22H19BrN6O3S. The molecule has 33 heavy (non-hydrogen) atoms. The van der Waals surface area contributed by atoms with Crippen LogP contribution in [0.25, 0.3) is 4.85 Å². The Balaban J connectivity index is 1.29. The molecule has 1 spiro atoms. The van der Waals surface area contributed by atoms with Gasteiger partial charge in [-0.2, -0.15) is 0 Å². The first kappa shape index (κ1) is 21.8. The Morgan fingerprint density at radius 2 is 2.09 bits per heavy atom. The van der Waals surface area contributed by atoms with Crippen molar-refractivity contribution < 1.29 is 14.3 Å². The summed E-state index contributed by atoms with van der Waals surface area (Å²) in [6, 6.07) is 11.0. The summed E-state index contributed by atoms with van der Waals surface area (Å²) in [6.07, 6.45) is 2.00. The Bertz CT molecular complexity index is 1220. The first-order chi connectivity index (χ1) is 16.0. The maximum Gasteiger partial charge on any atom is 0.296 e. The maximum absolute atomic E-state index is 13.1. The number of carbonyl (C=O) groups excluding carboxylic acids is 1. The fourth-order valence-electron chi connectivity index (χ4n) is 3.60. The number of hydrogen-bond donors (Lipinski definition) is 1. The van der Waals surface area contributed by atoms with Gasteiger partial charge in [-0.05, 0) is 47.9 Å². The highest BCUT2D eigenvalue weighted by Crippen LogP contribution is 2.43. The third kappa shape index (κ3) is 4.98. The van der Waals surface area contributed by atoms with E-state index < -0.39 is 0 Å². The molecule has 0 radical (unpaired) electrons. The second kappa shape index (κ2) is 9.05. The van der Waals surface area contributed by atoms with Crippen molar-refractivity contribution in [2.24, 2.45) is 0 Å². The van der Waals surface area contributed by atoms with Gasteiger partial charge < -0.3 is 19.2 Å². The predicted octanol–water partition coefficient (Wildman–Crippen LogP) is 4.45. The number of halogens is 1. The Morgan fingerprint density at radius 1 is 1.27 bits per heavy atom. The highest BCUT2D eigenvalue weighted by molar-refractivity contribution is 9.10. The van der Waals surface area contributed by atoms with Gasteiger partial charge in [-0.3, -0.25) is 10.1 Å². The summed E-state index contributed by atoms with van der Waals surface area (Å²) >= 11 is 4.55. The third-order valence-electron chi connectivity index (χ3n) is 5.48. The number of nitrogens with zero attached hydrogens (tertiary/aromatic N) is 5. The topological polar surface area (TPSA) is 93.8 Å². The molecule has 0 atom stereocenters. The average molecular weight is 527 g/mol. The van der Waals surface area contributed by atoms with Crippen LogP contribution in [0.2, 0.25) is 0 Å². The lowest BCUT2D eigenvalue weighted by atomic mass is 10.2. The summed E-state index contributed by atoms with van der Waals surface area (Å²) in [6.45, 7) is 9.50. The number of ether oxygens (including phenoxy) is 2. The molecule has 1 aliphatic heterocycles. The van der Waals surface area contributed by atoms with Gasteiger partial charge in [-0.1, -0.05) is 45.8 Å². The Kier molecular flexibility index (Phi) is 5.97. The average Bonchev–Trinajstić information content (AvgIpc) is 3.42. The van der Waals surface area contributed by atoms with Crippen molar-refractivity contribution in [3.8, 4) is 5.19 Å². The van der Waals surface area contributed by atoms with Crippen molar-refractivity contribution in [2.75, 3.05) is 29.9 Å². The maximum atomic E-state index is 13.1. The van der Waals surface area contributed by atoms with E-state index in [1.54, 1.807) is 12.1 Å². The van der Waals surface area contributed by atoms with E-state index in [0.717, 1.165) is 34.2 Å². The van der Waals surface area contributed by atoms with Crippen molar-refractivity contribution in [3.05, 3.63) is 63.4 Å². The second-order valence-electron chi connectivity index (χ2n) is 7.85. The van der Waals surface area contributed by atoms with Crippen molar-refractivity contribution in [3.63, 3.8) is 0 Å². The highest BCUT2D eigenvalue weighted by Gasteiger charge is 2.48. The second-order valence-corrected chi connectivity index (χ2v) is 9.70. The number of carbonyl (C=O) groups is 1. The molecule has 3 aromatic rings. The minimum Gasteiger partial charge on any atom is -0.464 e. The smallest absolute Gasteiger partial charge is 0.296 e. The van der Waals surface area contributed by atoms with Crippen LogP contribution in [-0.2, 0) is 11.3 Å². The molecule has 1 aliphatic carbocycles. The summed E-state index contributed by atoms with van der Waals surface area (Å²) in [5.74, 6) is 0.380. The number of nitrogens with one attached hydrogen (secondary N) is 1. The molecule has 11 heteroatoms. The van der Waals surface area contributed by atoms with Crippen molar-refractivity contribution in [1.29, 1.82) is 0 Å². The summed E-state index contributed by atoms with van der Waals surface area (Å²) in [7, 11) is 0. The van der Waals surface area contributed by atoms with Crippen LogP contribution in [0.4, 0.5) is 16.8 Å². The molecule has 1 amide bonds. The molecule has 1 saturated heterocycles. The Labute approximate surface area is 202 Å². The van der Waals surface area contributed by atoms with E-state index in [2.05, 4.69) is 41.3 Å². The van der Waals surface area contributed by atoms with E-state index in [-0.39, 0.29) is 17.3 Å². The molecule has 5 rings (SSSR count). The first-order valence-corrected chi connectivity index (χ1v) is 11.9. The van der Waals surface area contributed by atoms with E-state index in [1.807, 2.05) is 29.2 Å². The molecule has 0 unspecified atom stereocenters. The van der Waals surface area contributed by atoms with Crippen LogP contribution in [0.5, 0.6) is 5.19 Å². The van der Waals surface area contributed by atoms with Gasteiger partial charge in [-0.25, -0.2) is 0 Å². The van der Waals surface area contributed by atoms with Gasteiger partial charge in [0.15, 0.2) is 0 Å². The van der Waals surface area contributed by atoms with E-state index in [1.165, 1.54) is 0 Å². The highest BCUT2D eigenvalue weighted by atomic mass is 79.9. The number of amides is 1. The van der Waals surface area contributed by atoms with Gasteiger partial charge >= 0.3 is 0 Å². The van der Waals surface area contributed by atoms with Crippen LogP contribution in [0.3, 0.4) is 0 Å². The summed E-state index contributed by atoms with van der Waals surface area (Å²) < 4.78 is 12.6. The molecular weight excluding hydrogens is 508 g/mol. The normalized spacial score (nSPS) is 16.3. The van der Waals surface area contributed by atoms with E-state index in [9.17, 15) is 4.79 Å². The fraction of sp³-hybridized carbons (Fsp3) is 0.318. The first-order valence-electron chi connectivity index (χ1n) is 10.3. The number of pyridine rings is 1. The number of morpholine rings is 1. The standard InChI is InChI=1S/C22H19BrN6O3S/c1-24-17-7-6-16(18(25-17)29-10-11-32-22(13-29)8-9-22)19(30)26-20-27-28-21(33-20)31-12-14-2-4-15(23)5-3-14/h2-7H,8-13H2,(H,26,27,30). The lowest BCUT2D eigenvalue weighted by molar-refractivity contribution is 0.0203. The van der Waals surface area contributed by atoms with Gasteiger partial charge in [-0.15, -0.1) is 10.1 Å². The van der Waals surface area contributed by atoms with Crippen LogP contribution in [0, 0.1) is 6.57 Å². The minimum absolute atomic E-state index is 0.137. The molecule has 2 fully saturated rings. The zero-order chi connectivity index (χ0) is 22.8. The minimum atomic E-state index is -0.360. The lowest BCUT2D eigenvalue weighted by Crippen LogP contribution is -2.45. The van der Waals surface area contributed by atoms with E-state index in [4.69, 9.17) is 16.0 Å². The van der Waals surface area contributed by atoms with Crippen LogP contribution in [0.1, 0.15) is 28.8 Å². The Morgan fingerprint density at radius 3 is 2.85 bits per heavy atom. The van der Waals surface area contributed by atoms with E-state index >= 15 is 0 Å². The van der Waals surface area contributed by atoms with Crippen LogP contribution >= 0.6 is 27.3 Å². The van der Waals surface area contributed by atoms with Gasteiger partial charge in [0.2, 0.25) is 10.9 Å².